The number of aliphatic hydroxyl groups is 1. The fraction of sp³-hybridized carbons (Fsp3) is 0.500. The molecule has 1 heterocycles. The van der Waals surface area contributed by atoms with Crippen molar-refractivity contribution in [2.24, 2.45) is 14.1 Å². The molecular weight excluding hydrogens is 462 g/mol. The molecule has 2 N–H and O–H groups in total. The summed E-state index contributed by atoms with van der Waals surface area (Å²) in [5, 5.41) is 11.9. The number of carbonyl (C=O) groups excluding carboxylic acids is 1. The molecule has 1 amide bonds. The zero-order chi connectivity index (χ0) is 14.6. The number of rotatable bonds is 5. The Bertz CT molecular complexity index is 583. The fourth-order valence-electron chi connectivity index (χ4n) is 1.50. The first-order chi connectivity index (χ1) is 8.88. The Labute approximate surface area is 125 Å². The zero-order valence-corrected chi connectivity index (χ0v) is 17.0. The van der Waals surface area contributed by atoms with Crippen molar-refractivity contribution in [3.63, 3.8) is 0 Å². The van der Waals surface area contributed by atoms with Gasteiger partial charge in [-0.1, -0.05) is 0 Å². The second-order valence-electron chi connectivity index (χ2n) is 4.14. The summed E-state index contributed by atoms with van der Waals surface area (Å²) in [6.07, 6.45) is 0.521. The molecule has 0 aromatic carbocycles. The molecule has 1 aromatic heterocycles. The van der Waals surface area contributed by atoms with Crippen LogP contribution in [0.1, 0.15) is 10.4 Å². The molecule has 0 saturated carbocycles. The average Bonchev–Trinajstić information content (AvgIpc) is 2.38. The minimum absolute atomic E-state index is 0.0531. The van der Waals surface area contributed by atoms with Crippen LogP contribution < -0.4 is 16.6 Å². The predicted octanol–water partition coefficient (Wildman–Crippen LogP) is -1.17. The molecule has 0 fully saturated rings. The van der Waals surface area contributed by atoms with E-state index in [2.05, 4.69) is 5.32 Å². The van der Waals surface area contributed by atoms with Crippen LogP contribution in [0.4, 0.5) is 0 Å². The number of amides is 1. The van der Waals surface area contributed by atoms with E-state index in [4.69, 9.17) is 8.25 Å². The van der Waals surface area contributed by atoms with E-state index in [1.807, 2.05) is 0 Å². The van der Waals surface area contributed by atoms with Gasteiger partial charge < -0.3 is 0 Å². The van der Waals surface area contributed by atoms with E-state index in [-0.39, 0.29) is 12.1 Å². The Morgan fingerprint density at radius 3 is 2.74 bits per heavy atom. The van der Waals surface area contributed by atoms with E-state index in [1.54, 1.807) is 0 Å². The van der Waals surface area contributed by atoms with Crippen LogP contribution in [-0.4, -0.2) is 32.8 Å². The van der Waals surface area contributed by atoms with Gasteiger partial charge in [0, 0.05) is 0 Å². The van der Waals surface area contributed by atoms with Gasteiger partial charge in [-0.25, -0.2) is 0 Å². The van der Waals surface area contributed by atoms with E-state index in [9.17, 15) is 19.5 Å². The topological polar surface area (TPSA) is 93.3 Å². The summed E-state index contributed by atoms with van der Waals surface area (Å²) < 4.78 is 2.58. The summed E-state index contributed by atoms with van der Waals surface area (Å²) in [5.41, 5.74) is -1.29. The molecule has 0 saturated heterocycles. The number of carbonyl (C=O) groups is 1. The van der Waals surface area contributed by atoms with Gasteiger partial charge in [0.05, 0.1) is 0 Å². The molecule has 9 heteroatoms. The van der Waals surface area contributed by atoms with Crippen molar-refractivity contribution in [3.8, 4) is 0 Å². The number of aromatic nitrogens is 2. The van der Waals surface area contributed by atoms with Crippen LogP contribution >= 0.6 is 8.25 Å². The summed E-state index contributed by atoms with van der Waals surface area (Å²) in [5.74, 6) is -0.610. The number of nitrogens with one attached hydrogen (secondary N) is 1. The van der Waals surface area contributed by atoms with Gasteiger partial charge in [0.25, 0.3) is 0 Å². The van der Waals surface area contributed by atoms with Crippen molar-refractivity contribution in [1.29, 1.82) is 0 Å². The van der Waals surface area contributed by atoms with Crippen molar-refractivity contribution in [1.82, 2.24) is 14.5 Å². The van der Waals surface area contributed by atoms with Gasteiger partial charge in [0.1, 0.15) is 0 Å². The van der Waals surface area contributed by atoms with Crippen LogP contribution in [-0.2, 0) is 37.4 Å². The summed E-state index contributed by atoms with van der Waals surface area (Å²) in [7, 11) is 8.43. The second-order valence-corrected chi connectivity index (χ2v) is 11.2. The monoisotopic (exact) mass is 477 g/mol. The van der Waals surface area contributed by atoms with Gasteiger partial charge in [-0.15, -0.1) is 0 Å². The number of hydrogen-bond donors (Lipinski definition) is 2. The van der Waals surface area contributed by atoms with Crippen molar-refractivity contribution < 1.29 is 33.2 Å². The number of hydrogen-bond acceptors (Lipinski definition) is 4. The summed E-state index contributed by atoms with van der Waals surface area (Å²) >= 11 is -1.46. The van der Waals surface area contributed by atoms with Gasteiger partial charge in [0.15, 0.2) is 0 Å². The molecule has 1 aromatic rings. The molecule has 0 aliphatic rings. The molecule has 7 nitrogen and oxygen atoms in total. The van der Waals surface area contributed by atoms with E-state index in [0.717, 1.165) is 9.13 Å². The van der Waals surface area contributed by atoms with Gasteiger partial charge >= 0.3 is 125 Å². The first-order valence-electron chi connectivity index (χ1n) is 5.67. The third-order valence-electron chi connectivity index (χ3n) is 2.63. The quantitative estimate of drug-likeness (QED) is 0.524. The molecule has 1 atom stereocenters. The van der Waals surface area contributed by atoms with Crippen LogP contribution in [0.3, 0.4) is 0 Å². The molecular formula is C10H14ClHgN3O4. The first kappa shape index (κ1) is 16.4. The second kappa shape index (κ2) is 7.21. The number of nitrogens with zero attached hydrogens (tertiary/aromatic N) is 2. The molecule has 0 spiro atoms. The third kappa shape index (κ3) is 4.15. The SMILES string of the molecule is Cn1cc(C(=O)NCC(O)[CH2][Hg][Cl])c(=O)n(C)c1=O. The normalized spacial score (nSPS) is 11.8. The van der Waals surface area contributed by atoms with Crippen LogP contribution in [0.15, 0.2) is 15.8 Å². The van der Waals surface area contributed by atoms with Crippen molar-refractivity contribution in [2.75, 3.05) is 6.54 Å². The van der Waals surface area contributed by atoms with Crippen molar-refractivity contribution in [2.45, 2.75) is 10.0 Å². The summed E-state index contributed by atoms with van der Waals surface area (Å²) in [6.45, 7) is 0.0531. The zero-order valence-electron chi connectivity index (χ0n) is 10.7. The van der Waals surface area contributed by atoms with Gasteiger partial charge in [-0.05, 0) is 0 Å². The molecule has 1 unspecified atom stereocenters. The summed E-state index contributed by atoms with van der Waals surface area (Å²) in [4.78, 5) is 35.1. The third-order valence-corrected chi connectivity index (χ3v) is 7.99. The maximum absolute atomic E-state index is 11.8. The molecule has 19 heavy (non-hydrogen) atoms. The summed E-state index contributed by atoms with van der Waals surface area (Å²) in [6, 6.07) is 0. The minimum atomic E-state index is -1.46. The molecule has 0 radical (unpaired) electrons. The Hall–Kier alpha value is -0.665. The Morgan fingerprint density at radius 1 is 1.53 bits per heavy atom. The maximum atomic E-state index is 11.8. The molecule has 1 rings (SSSR count). The van der Waals surface area contributed by atoms with Gasteiger partial charge in [-0.2, -0.15) is 0 Å². The Balaban J connectivity index is 2.90. The van der Waals surface area contributed by atoms with Crippen LogP contribution in [0, 0.1) is 0 Å². The Morgan fingerprint density at radius 2 is 2.16 bits per heavy atom. The van der Waals surface area contributed by atoms with Crippen LogP contribution in [0.25, 0.3) is 0 Å². The molecule has 0 aliphatic carbocycles. The van der Waals surface area contributed by atoms with Crippen molar-refractivity contribution >= 4 is 14.2 Å². The van der Waals surface area contributed by atoms with Gasteiger partial charge in [-0.3, -0.25) is 0 Å². The molecule has 102 valence electrons. The Kier molecular flexibility index (Phi) is 6.22. The number of aliphatic hydroxyl groups excluding tert-OH is 1. The predicted molar refractivity (Wildman–Crippen MR) is 65.9 cm³/mol. The van der Waals surface area contributed by atoms with E-state index < -0.39 is 46.6 Å². The van der Waals surface area contributed by atoms with E-state index in [1.165, 1.54) is 20.3 Å². The standard InChI is InChI=1S/C10H14N3O4.ClH.Hg/c1-6(14)4-11-8(15)7-5-12(2)10(17)13(3)9(7)16;;/h5-6,14H,1,4H2,2-3H3,(H,11,15);1H;/q;;+1/p-1. The van der Waals surface area contributed by atoms with E-state index >= 15 is 0 Å². The number of halogens is 1. The first-order valence-corrected chi connectivity index (χ1v) is 16.3. The van der Waals surface area contributed by atoms with Crippen LogP contribution in [0.2, 0.25) is 3.93 Å². The molecule has 0 bridgehead atoms. The average molecular weight is 476 g/mol. The van der Waals surface area contributed by atoms with E-state index in [0.29, 0.717) is 3.93 Å². The molecule has 0 aliphatic heterocycles. The number of aryl methyl sites for hydroxylation is 1. The fourth-order valence-corrected chi connectivity index (χ4v) is 5.48. The van der Waals surface area contributed by atoms with Crippen molar-refractivity contribution in [3.05, 3.63) is 32.6 Å². The van der Waals surface area contributed by atoms with Gasteiger partial charge in [0.2, 0.25) is 0 Å². The van der Waals surface area contributed by atoms with Crippen LogP contribution in [0.5, 0.6) is 0 Å².